The van der Waals surface area contributed by atoms with E-state index in [2.05, 4.69) is 62.3 Å². The second-order valence-corrected chi connectivity index (χ2v) is 6.07. The van der Waals surface area contributed by atoms with Gasteiger partial charge in [-0.1, -0.05) is 36.8 Å². The Morgan fingerprint density at radius 1 is 1.26 bits per heavy atom. The maximum atomic E-state index is 3.65. The first-order chi connectivity index (χ1) is 9.11. The first kappa shape index (κ1) is 14.5. The van der Waals surface area contributed by atoms with Gasteiger partial charge in [-0.05, 0) is 51.8 Å². The minimum atomic E-state index is 0.425. The molecule has 1 fully saturated rings. The van der Waals surface area contributed by atoms with Gasteiger partial charge in [-0.2, -0.15) is 0 Å². The van der Waals surface area contributed by atoms with Gasteiger partial charge in [0.05, 0.1) is 0 Å². The number of nitrogens with zero attached hydrogens (tertiary/aromatic N) is 1. The summed E-state index contributed by atoms with van der Waals surface area (Å²) in [6, 6.07) is 9.92. The van der Waals surface area contributed by atoms with Crippen molar-refractivity contribution in [3.8, 4) is 0 Å². The monoisotopic (exact) mass is 260 g/mol. The predicted octanol–water partition coefficient (Wildman–Crippen LogP) is 3.38. The number of hydrogen-bond donors (Lipinski definition) is 1. The van der Waals surface area contributed by atoms with E-state index >= 15 is 0 Å². The molecule has 1 aromatic carbocycles. The van der Waals surface area contributed by atoms with Gasteiger partial charge in [0.1, 0.15) is 0 Å². The average molecular weight is 260 g/mol. The summed E-state index contributed by atoms with van der Waals surface area (Å²) < 4.78 is 0. The van der Waals surface area contributed by atoms with Gasteiger partial charge in [0.15, 0.2) is 0 Å². The van der Waals surface area contributed by atoms with E-state index in [9.17, 15) is 0 Å². The van der Waals surface area contributed by atoms with Gasteiger partial charge in [-0.15, -0.1) is 0 Å². The van der Waals surface area contributed by atoms with Crippen molar-refractivity contribution in [3.05, 3.63) is 35.4 Å². The van der Waals surface area contributed by atoms with Crippen LogP contribution in [-0.4, -0.2) is 31.1 Å². The van der Waals surface area contributed by atoms with Gasteiger partial charge < -0.3 is 10.2 Å². The van der Waals surface area contributed by atoms with E-state index in [1.807, 2.05) is 0 Å². The molecular weight excluding hydrogens is 232 g/mol. The zero-order chi connectivity index (χ0) is 13.8. The third-order valence-electron chi connectivity index (χ3n) is 4.28. The van der Waals surface area contributed by atoms with Crippen LogP contribution >= 0.6 is 0 Å². The number of aryl methyl sites for hydroxylation is 1. The molecule has 1 aromatic rings. The smallest absolute Gasteiger partial charge is 0.0475 e. The highest BCUT2D eigenvalue weighted by Gasteiger charge is 2.28. The van der Waals surface area contributed by atoms with E-state index in [1.165, 1.54) is 30.5 Å². The van der Waals surface area contributed by atoms with Crippen LogP contribution < -0.4 is 5.32 Å². The van der Waals surface area contributed by atoms with Crippen LogP contribution in [0.4, 0.5) is 0 Å². The molecule has 0 bridgehead atoms. The average Bonchev–Trinajstić information content (AvgIpc) is 3.20. The van der Waals surface area contributed by atoms with Crippen LogP contribution in [0.25, 0.3) is 0 Å². The van der Waals surface area contributed by atoms with E-state index in [4.69, 9.17) is 0 Å². The lowest BCUT2D eigenvalue weighted by Gasteiger charge is -2.33. The molecule has 19 heavy (non-hydrogen) atoms. The van der Waals surface area contributed by atoms with Gasteiger partial charge in [0.25, 0.3) is 0 Å². The number of nitrogens with one attached hydrogen (secondary N) is 1. The molecule has 1 aliphatic rings. The van der Waals surface area contributed by atoms with E-state index in [-0.39, 0.29) is 0 Å². The van der Waals surface area contributed by atoms with Gasteiger partial charge >= 0.3 is 0 Å². The van der Waals surface area contributed by atoms with Crippen LogP contribution in [0, 0.1) is 12.8 Å². The van der Waals surface area contributed by atoms with Crippen LogP contribution in [0.1, 0.15) is 43.9 Å². The molecule has 1 saturated carbocycles. The fourth-order valence-corrected chi connectivity index (χ4v) is 2.69. The van der Waals surface area contributed by atoms with Crippen molar-refractivity contribution >= 4 is 0 Å². The third kappa shape index (κ3) is 4.05. The molecule has 0 saturated heterocycles. The van der Waals surface area contributed by atoms with Crippen LogP contribution in [0.15, 0.2) is 24.3 Å². The summed E-state index contributed by atoms with van der Waals surface area (Å²) in [5, 5.41) is 3.65. The van der Waals surface area contributed by atoms with Crippen LogP contribution in [-0.2, 0) is 0 Å². The fourth-order valence-electron chi connectivity index (χ4n) is 2.69. The quantitative estimate of drug-likeness (QED) is 0.808. The Kier molecular flexibility index (Phi) is 5.00. The van der Waals surface area contributed by atoms with Crippen molar-refractivity contribution in [3.63, 3.8) is 0 Å². The SMILES string of the molecule is CCNC(c1ccc(C)cc1)C(C)N(C)CC1CC1. The Bertz CT molecular complexity index is 381. The van der Waals surface area contributed by atoms with E-state index < -0.39 is 0 Å². The van der Waals surface area contributed by atoms with Crippen molar-refractivity contribution in [2.45, 2.75) is 45.7 Å². The molecule has 2 rings (SSSR count). The Labute approximate surface area is 118 Å². The molecule has 2 unspecified atom stereocenters. The Balaban J connectivity index is 2.06. The van der Waals surface area contributed by atoms with Crippen LogP contribution in [0.5, 0.6) is 0 Å². The largest absolute Gasteiger partial charge is 0.309 e. The molecule has 0 amide bonds. The van der Waals surface area contributed by atoms with E-state index in [1.54, 1.807) is 0 Å². The maximum absolute atomic E-state index is 3.65. The minimum absolute atomic E-state index is 0.425. The lowest BCUT2D eigenvalue weighted by Crippen LogP contribution is -2.41. The first-order valence-corrected chi connectivity index (χ1v) is 7.62. The van der Waals surface area contributed by atoms with Gasteiger partial charge in [0, 0.05) is 18.6 Å². The topological polar surface area (TPSA) is 15.3 Å². The zero-order valence-electron chi connectivity index (χ0n) is 12.8. The summed E-state index contributed by atoms with van der Waals surface area (Å²) in [6.07, 6.45) is 2.85. The number of hydrogen-bond acceptors (Lipinski definition) is 2. The molecule has 0 radical (unpaired) electrons. The van der Waals surface area contributed by atoms with Crippen LogP contribution in [0.2, 0.25) is 0 Å². The fraction of sp³-hybridized carbons (Fsp3) is 0.647. The molecular formula is C17H28N2. The van der Waals surface area contributed by atoms with Crippen molar-refractivity contribution in [2.24, 2.45) is 5.92 Å². The highest BCUT2D eigenvalue weighted by Crippen LogP contribution is 2.31. The second kappa shape index (κ2) is 6.53. The normalized spacial score (nSPS) is 18.6. The zero-order valence-corrected chi connectivity index (χ0v) is 12.8. The van der Waals surface area contributed by atoms with E-state index in [0.717, 1.165) is 12.5 Å². The Morgan fingerprint density at radius 2 is 1.89 bits per heavy atom. The van der Waals surface area contributed by atoms with Crippen molar-refractivity contribution in [2.75, 3.05) is 20.1 Å². The molecule has 0 spiro atoms. The highest BCUT2D eigenvalue weighted by molar-refractivity contribution is 5.25. The minimum Gasteiger partial charge on any atom is -0.309 e. The molecule has 1 N–H and O–H groups in total. The standard InChI is InChI=1S/C17H28N2/c1-5-18-17(16-10-6-13(2)7-11-16)14(3)19(4)12-15-8-9-15/h6-7,10-11,14-15,17-18H,5,8-9,12H2,1-4H3. The molecule has 1 aliphatic carbocycles. The third-order valence-corrected chi connectivity index (χ3v) is 4.28. The van der Waals surface area contributed by atoms with Crippen LogP contribution in [0.3, 0.4) is 0 Å². The van der Waals surface area contributed by atoms with Crippen molar-refractivity contribution < 1.29 is 0 Å². The summed E-state index contributed by atoms with van der Waals surface area (Å²) in [5.41, 5.74) is 2.74. The summed E-state index contributed by atoms with van der Waals surface area (Å²) >= 11 is 0. The van der Waals surface area contributed by atoms with E-state index in [0.29, 0.717) is 12.1 Å². The number of benzene rings is 1. The molecule has 0 heterocycles. The van der Waals surface area contributed by atoms with Gasteiger partial charge in [-0.25, -0.2) is 0 Å². The lowest BCUT2D eigenvalue weighted by molar-refractivity contribution is 0.201. The van der Waals surface area contributed by atoms with Gasteiger partial charge in [-0.3, -0.25) is 0 Å². The Hall–Kier alpha value is -0.860. The number of rotatable bonds is 7. The molecule has 0 aromatic heterocycles. The molecule has 2 heteroatoms. The lowest BCUT2D eigenvalue weighted by atomic mass is 9.98. The maximum Gasteiger partial charge on any atom is 0.0475 e. The Morgan fingerprint density at radius 3 is 2.42 bits per heavy atom. The molecule has 2 atom stereocenters. The van der Waals surface area contributed by atoms with Gasteiger partial charge in [0.2, 0.25) is 0 Å². The van der Waals surface area contributed by atoms with Crippen molar-refractivity contribution in [1.82, 2.24) is 10.2 Å². The number of likely N-dealkylation sites (N-methyl/N-ethyl adjacent to an activating group) is 2. The molecule has 2 nitrogen and oxygen atoms in total. The molecule has 106 valence electrons. The summed E-state index contributed by atoms with van der Waals surface area (Å²) in [4.78, 5) is 2.52. The summed E-state index contributed by atoms with van der Waals surface area (Å²) in [7, 11) is 2.27. The second-order valence-electron chi connectivity index (χ2n) is 6.07. The van der Waals surface area contributed by atoms with Crippen molar-refractivity contribution in [1.29, 1.82) is 0 Å². The predicted molar refractivity (Wildman–Crippen MR) is 82.4 cm³/mol. The highest BCUT2D eigenvalue weighted by atomic mass is 15.2. The molecule has 0 aliphatic heterocycles. The summed E-state index contributed by atoms with van der Waals surface area (Å²) in [6.45, 7) is 8.94. The summed E-state index contributed by atoms with van der Waals surface area (Å²) in [5.74, 6) is 0.952. The first-order valence-electron chi connectivity index (χ1n) is 7.62.